The number of rotatable bonds is 4. The van der Waals surface area contributed by atoms with Crippen molar-refractivity contribution in [2.24, 2.45) is 17.3 Å². The second kappa shape index (κ2) is 7.11. The monoisotopic (exact) mass is 265 g/mol. The summed E-state index contributed by atoms with van der Waals surface area (Å²) in [6, 6.07) is 0.808. The van der Waals surface area contributed by atoms with Gasteiger partial charge >= 0.3 is 0 Å². The van der Waals surface area contributed by atoms with Crippen LogP contribution < -0.4 is 5.32 Å². The highest BCUT2D eigenvalue weighted by atomic mass is 14.9. The molecule has 19 heavy (non-hydrogen) atoms. The Morgan fingerprint density at radius 3 is 2.63 bits per heavy atom. The lowest BCUT2D eigenvalue weighted by atomic mass is 9.81. The van der Waals surface area contributed by atoms with Gasteiger partial charge in [0, 0.05) is 6.04 Å². The Bertz CT molecular complexity index is 258. The summed E-state index contributed by atoms with van der Waals surface area (Å²) in [5.74, 6) is 2.00. The molecule has 0 saturated heterocycles. The van der Waals surface area contributed by atoms with E-state index in [1.807, 2.05) is 0 Å². The minimum Gasteiger partial charge on any atom is -0.314 e. The molecule has 2 fully saturated rings. The first-order valence-corrected chi connectivity index (χ1v) is 8.78. The highest BCUT2D eigenvalue weighted by Gasteiger charge is 2.24. The molecule has 2 aliphatic carbocycles. The average Bonchev–Trinajstić information content (AvgIpc) is 2.51. The maximum atomic E-state index is 3.86. The van der Waals surface area contributed by atoms with Gasteiger partial charge in [-0.25, -0.2) is 0 Å². The Kier molecular flexibility index (Phi) is 5.74. The van der Waals surface area contributed by atoms with Crippen LogP contribution in [0.25, 0.3) is 0 Å². The highest BCUT2D eigenvalue weighted by Crippen LogP contribution is 2.34. The van der Waals surface area contributed by atoms with Crippen LogP contribution in [0.1, 0.15) is 85.0 Å². The van der Waals surface area contributed by atoms with Crippen LogP contribution in [0.15, 0.2) is 0 Å². The van der Waals surface area contributed by atoms with Crippen molar-refractivity contribution >= 4 is 0 Å². The Morgan fingerprint density at radius 1 is 1.00 bits per heavy atom. The van der Waals surface area contributed by atoms with Crippen LogP contribution in [-0.2, 0) is 0 Å². The first-order chi connectivity index (χ1) is 9.05. The van der Waals surface area contributed by atoms with Crippen molar-refractivity contribution in [3.8, 4) is 0 Å². The van der Waals surface area contributed by atoms with Crippen molar-refractivity contribution in [3.63, 3.8) is 0 Å². The normalized spacial score (nSPS) is 35.8. The quantitative estimate of drug-likeness (QED) is 0.693. The summed E-state index contributed by atoms with van der Waals surface area (Å²) in [5.41, 5.74) is 0.592. The third-order valence-corrected chi connectivity index (χ3v) is 5.61. The molecular formula is C18H35N. The summed E-state index contributed by atoms with van der Waals surface area (Å²) in [7, 11) is 0. The molecule has 0 heterocycles. The fourth-order valence-electron chi connectivity index (χ4n) is 4.18. The number of hydrogen-bond donors (Lipinski definition) is 1. The molecule has 2 rings (SSSR count). The van der Waals surface area contributed by atoms with Crippen LogP contribution in [0.2, 0.25) is 0 Å². The van der Waals surface area contributed by atoms with Crippen LogP contribution in [0, 0.1) is 17.3 Å². The minimum absolute atomic E-state index is 0.592. The first kappa shape index (κ1) is 15.4. The van der Waals surface area contributed by atoms with Crippen LogP contribution in [0.3, 0.4) is 0 Å². The third kappa shape index (κ3) is 5.45. The van der Waals surface area contributed by atoms with Gasteiger partial charge in [-0.3, -0.25) is 0 Å². The molecule has 0 aromatic heterocycles. The molecule has 0 aromatic carbocycles. The van der Waals surface area contributed by atoms with Gasteiger partial charge in [-0.2, -0.15) is 0 Å². The van der Waals surface area contributed by atoms with E-state index in [-0.39, 0.29) is 0 Å². The summed E-state index contributed by atoms with van der Waals surface area (Å²) in [4.78, 5) is 0. The van der Waals surface area contributed by atoms with E-state index in [4.69, 9.17) is 0 Å². The van der Waals surface area contributed by atoms with Crippen LogP contribution in [0.4, 0.5) is 0 Å². The first-order valence-electron chi connectivity index (χ1n) is 8.78. The summed E-state index contributed by atoms with van der Waals surface area (Å²) in [6.07, 6.45) is 14.4. The van der Waals surface area contributed by atoms with Crippen LogP contribution in [-0.4, -0.2) is 12.6 Å². The van der Waals surface area contributed by atoms with Crippen molar-refractivity contribution in [1.82, 2.24) is 5.32 Å². The SMILES string of the molecule is CC1CCCC(CCNC2CCCC(C)(C)CC2)C1. The van der Waals surface area contributed by atoms with Gasteiger partial charge < -0.3 is 5.32 Å². The lowest BCUT2D eigenvalue weighted by Crippen LogP contribution is -2.31. The average molecular weight is 265 g/mol. The summed E-state index contributed by atoms with van der Waals surface area (Å²) in [5, 5.41) is 3.86. The van der Waals surface area contributed by atoms with Gasteiger partial charge in [0.25, 0.3) is 0 Å². The maximum absolute atomic E-state index is 3.86. The fraction of sp³-hybridized carbons (Fsp3) is 1.00. The summed E-state index contributed by atoms with van der Waals surface area (Å²) in [6.45, 7) is 8.59. The molecule has 1 nitrogen and oxygen atoms in total. The number of hydrogen-bond acceptors (Lipinski definition) is 1. The van der Waals surface area contributed by atoms with E-state index >= 15 is 0 Å². The lowest BCUT2D eigenvalue weighted by molar-refractivity contribution is 0.262. The molecule has 1 N–H and O–H groups in total. The smallest absolute Gasteiger partial charge is 0.00672 e. The molecule has 0 aliphatic heterocycles. The molecule has 0 aromatic rings. The zero-order valence-corrected chi connectivity index (χ0v) is 13.5. The molecule has 2 aliphatic rings. The van der Waals surface area contributed by atoms with Crippen molar-refractivity contribution in [2.45, 2.75) is 91.0 Å². The predicted molar refractivity (Wildman–Crippen MR) is 84.4 cm³/mol. The van der Waals surface area contributed by atoms with Crippen molar-refractivity contribution in [1.29, 1.82) is 0 Å². The van der Waals surface area contributed by atoms with E-state index < -0.39 is 0 Å². The number of nitrogens with one attached hydrogen (secondary N) is 1. The molecule has 0 bridgehead atoms. The lowest BCUT2D eigenvalue weighted by Gasteiger charge is -2.27. The molecule has 112 valence electrons. The standard InChI is InChI=1S/C18H35N/c1-15-6-4-7-16(14-15)10-13-19-17-8-5-11-18(2,3)12-9-17/h15-17,19H,4-14H2,1-3H3. The van der Waals surface area contributed by atoms with E-state index in [1.54, 1.807) is 0 Å². The molecule has 2 saturated carbocycles. The van der Waals surface area contributed by atoms with Gasteiger partial charge in [0.1, 0.15) is 0 Å². The topological polar surface area (TPSA) is 12.0 Å². The van der Waals surface area contributed by atoms with E-state index in [1.165, 1.54) is 70.8 Å². The highest BCUT2D eigenvalue weighted by molar-refractivity contribution is 4.80. The summed E-state index contributed by atoms with van der Waals surface area (Å²) >= 11 is 0. The Labute approximate surface area is 120 Å². The molecule has 0 amide bonds. The largest absolute Gasteiger partial charge is 0.314 e. The second-order valence-electron chi connectivity index (χ2n) is 8.17. The Balaban J connectivity index is 1.62. The molecule has 3 atom stereocenters. The second-order valence-corrected chi connectivity index (χ2v) is 8.17. The molecule has 1 heteroatoms. The van der Waals surface area contributed by atoms with Crippen molar-refractivity contribution in [2.75, 3.05) is 6.54 Å². The van der Waals surface area contributed by atoms with Crippen LogP contribution in [0.5, 0.6) is 0 Å². The van der Waals surface area contributed by atoms with Gasteiger partial charge in [-0.1, -0.05) is 46.5 Å². The fourth-order valence-corrected chi connectivity index (χ4v) is 4.18. The van der Waals surface area contributed by atoms with Crippen molar-refractivity contribution < 1.29 is 0 Å². The predicted octanol–water partition coefficient (Wildman–Crippen LogP) is 5.15. The third-order valence-electron chi connectivity index (χ3n) is 5.61. The Hall–Kier alpha value is -0.0400. The van der Waals surface area contributed by atoms with E-state index in [0.717, 1.165) is 17.9 Å². The summed E-state index contributed by atoms with van der Waals surface area (Å²) < 4.78 is 0. The zero-order chi connectivity index (χ0) is 13.7. The van der Waals surface area contributed by atoms with E-state index in [2.05, 4.69) is 26.1 Å². The molecule has 3 unspecified atom stereocenters. The molecular weight excluding hydrogens is 230 g/mol. The maximum Gasteiger partial charge on any atom is 0.00672 e. The molecule has 0 spiro atoms. The van der Waals surface area contributed by atoms with Gasteiger partial charge in [-0.15, -0.1) is 0 Å². The van der Waals surface area contributed by atoms with Gasteiger partial charge in [0.05, 0.1) is 0 Å². The van der Waals surface area contributed by atoms with Crippen LogP contribution >= 0.6 is 0 Å². The zero-order valence-electron chi connectivity index (χ0n) is 13.5. The van der Waals surface area contributed by atoms with E-state index in [9.17, 15) is 0 Å². The Morgan fingerprint density at radius 2 is 1.84 bits per heavy atom. The van der Waals surface area contributed by atoms with Gasteiger partial charge in [-0.05, 0) is 62.3 Å². The minimum atomic E-state index is 0.592. The van der Waals surface area contributed by atoms with E-state index in [0.29, 0.717) is 5.41 Å². The van der Waals surface area contributed by atoms with Gasteiger partial charge in [0.2, 0.25) is 0 Å². The molecule has 0 radical (unpaired) electrons. The van der Waals surface area contributed by atoms with Crippen molar-refractivity contribution in [3.05, 3.63) is 0 Å². The van der Waals surface area contributed by atoms with Gasteiger partial charge in [0.15, 0.2) is 0 Å².